The molecule has 1 saturated heterocycles. The molecule has 0 radical (unpaired) electrons. The molecule has 1 aromatic carbocycles. The SMILES string of the molecule is COCCNC(=O)c1cc(NS(=O)(=O)c2ccc(OC)cc2)cnc1N1CCNCC1.O=C(O)C(F)(F)F. The number of amides is 1. The zero-order chi connectivity index (χ0) is 28.3. The normalized spacial score (nSPS) is 13.7. The van der Waals surface area contributed by atoms with Crippen LogP contribution in [0, 0.1) is 0 Å². The number of rotatable bonds is 9. The standard InChI is InChI=1S/C20H27N5O5S.C2HF3O2/c1-29-12-9-22-20(26)18-13-15(14-23-19(18)25-10-7-21-8-11-25)24-31(27,28)17-5-3-16(30-2)4-6-17;3-2(4,5)1(6)7/h3-6,13-14,21,24H,7-12H2,1-2H3,(H,22,26);(H,6,7). The van der Waals surface area contributed by atoms with Gasteiger partial charge in [0.2, 0.25) is 0 Å². The Morgan fingerprint density at radius 1 is 1.16 bits per heavy atom. The first-order valence-corrected chi connectivity index (χ1v) is 12.6. The third-order valence-corrected chi connectivity index (χ3v) is 6.38. The highest BCUT2D eigenvalue weighted by molar-refractivity contribution is 7.92. The maximum atomic E-state index is 12.8. The van der Waals surface area contributed by atoms with Gasteiger partial charge in [0.1, 0.15) is 11.6 Å². The van der Waals surface area contributed by atoms with E-state index in [1.807, 2.05) is 4.90 Å². The quantitative estimate of drug-likeness (QED) is 0.328. The van der Waals surface area contributed by atoms with Crippen molar-refractivity contribution in [2.45, 2.75) is 11.1 Å². The predicted octanol–water partition coefficient (Wildman–Crippen LogP) is 1.31. The van der Waals surface area contributed by atoms with Crippen LogP contribution in [0.1, 0.15) is 10.4 Å². The Labute approximate surface area is 217 Å². The number of sulfonamides is 1. The van der Waals surface area contributed by atoms with Gasteiger partial charge in [-0.25, -0.2) is 18.2 Å². The number of aromatic nitrogens is 1. The molecule has 38 heavy (non-hydrogen) atoms. The average molecular weight is 564 g/mol. The van der Waals surface area contributed by atoms with Gasteiger partial charge in [0.25, 0.3) is 15.9 Å². The Kier molecular flexibility index (Phi) is 11.1. The van der Waals surface area contributed by atoms with E-state index in [9.17, 15) is 26.4 Å². The van der Waals surface area contributed by atoms with E-state index in [0.717, 1.165) is 13.1 Å². The minimum absolute atomic E-state index is 0.0746. The number of nitrogens with zero attached hydrogens (tertiary/aromatic N) is 2. The van der Waals surface area contributed by atoms with Crippen LogP contribution >= 0.6 is 0 Å². The Balaban J connectivity index is 0.000000638. The lowest BCUT2D eigenvalue weighted by atomic mass is 10.2. The largest absolute Gasteiger partial charge is 0.497 e. The van der Waals surface area contributed by atoms with Gasteiger partial charge in [0.05, 0.1) is 36.1 Å². The van der Waals surface area contributed by atoms with E-state index in [4.69, 9.17) is 19.4 Å². The minimum Gasteiger partial charge on any atom is -0.497 e. The highest BCUT2D eigenvalue weighted by Crippen LogP contribution is 2.24. The van der Waals surface area contributed by atoms with Crippen molar-refractivity contribution in [1.29, 1.82) is 0 Å². The molecule has 1 aromatic heterocycles. The molecule has 1 amide bonds. The van der Waals surface area contributed by atoms with Gasteiger partial charge in [-0.3, -0.25) is 9.52 Å². The molecule has 2 heterocycles. The summed E-state index contributed by atoms with van der Waals surface area (Å²) < 4.78 is 69.8. The van der Waals surface area contributed by atoms with Gasteiger partial charge in [0, 0.05) is 39.8 Å². The number of anilines is 2. The number of piperazine rings is 1. The van der Waals surface area contributed by atoms with Gasteiger partial charge < -0.3 is 30.1 Å². The summed E-state index contributed by atoms with van der Waals surface area (Å²) in [6.45, 7) is 3.64. The number of benzene rings is 1. The fourth-order valence-electron chi connectivity index (χ4n) is 3.14. The van der Waals surface area contributed by atoms with E-state index in [1.165, 1.54) is 31.5 Å². The van der Waals surface area contributed by atoms with Crippen molar-refractivity contribution in [3.63, 3.8) is 0 Å². The van der Waals surface area contributed by atoms with Crippen LogP contribution in [0.15, 0.2) is 41.4 Å². The molecule has 0 bridgehead atoms. The van der Waals surface area contributed by atoms with E-state index in [2.05, 4.69) is 20.3 Å². The second-order valence-corrected chi connectivity index (χ2v) is 9.35. The molecular weight excluding hydrogens is 535 g/mol. The maximum absolute atomic E-state index is 12.8. The Hall–Kier alpha value is -3.63. The van der Waals surface area contributed by atoms with Gasteiger partial charge in [-0.15, -0.1) is 0 Å². The number of ether oxygens (including phenoxy) is 2. The molecule has 0 aliphatic carbocycles. The summed E-state index contributed by atoms with van der Waals surface area (Å²) in [6, 6.07) is 7.53. The number of hydrogen-bond acceptors (Lipinski definition) is 9. The molecule has 0 spiro atoms. The van der Waals surface area contributed by atoms with Crippen LogP contribution in [0.4, 0.5) is 24.7 Å². The van der Waals surface area contributed by atoms with E-state index >= 15 is 0 Å². The van der Waals surface area contributed by atoms with E-state index in [0.29, 0.717) is 43.4 Å². The fraction of sp³-hybridized carbons (Fsp3) is 0.409. The van der Waals surface area contributed by atoms with E-state index in [1.54, 1.807) is 19.2 Å². The van der Waals surface area contributed by atoms with Crippen LogP contribution in [0.5, 0.6) is 5.75 Å². The van der Waals surface area contributed by atoms with Crippen molar-refractivity contribution in [1.82, 2.24) is 15.6 Å². The van der Waals surface area contributed by atoms with E-state index in [-0.39, 0.29) is 16.5 Å². The highest BCUT2D eigenvalue weighted by Gasteiger charge is 2.38. The molecule has 210 valence electrons. The number of carbonyl (C=O) groups excluding carboxylic acids is 1. The van der Waals surface area contributed by atoms with Crippen LogP contribution in [0.3, 0.4) is 0 Å². The zero-order valence-corrected chi connectivity index (χ0v) is 21.4. The number of alkyl halides is 3. The van der Waals surface area contributed by atoms with Gasteiger partial charge in [-0.05, 0) is 30.3 Å². The summed E-state index contributed by atoms with van der Waals surface area (Å²) in [5, 5.41) is 13.2. The van der Waals surface area contributed by atoms with Crippen molar-refractivity contribution in [3.8, 4) is 5.75 Å². The predicted molar refractivity (Wildman–Crippen MR) is 131 cm³/mol. The number of aliphatic carboxylic acids is 1. The number of hydrogen-bond donors (Lipinski definition) is 4. The molecule has 16 heteroatoms. The van der Waals surface area contributed by atoms with Crippen molar-refractivity contribution < 1.29 is 45.8 Å². The molecule has 4 N–H and O–H groups in total. The number of nitrogens with one attached hydrogen (secondary N) is 3. The molecule has 1 aliphatic rings. The number of carbonyl (C=O) groups is 2. The first-order valence-electron chi connectivity index (χ1n) is 11.1. The monoisotopic (exact) mass is 563 g/mol. The molecule has 0 unspecified atom stereocenters. The van der Waals surface area contributed by atoms with Crippen molar-refractivity contribution in [3.05, 3.63) is 42.1 Å². The molecule has 0 saturated carbocycles. The van der Waals surface area contributed by atoms with Gasteiger partial charge in [-0.2, -0.15) is 13.2 Å². The zero-order valence-electron chi connectivity index (χ0n) is 20.5. The molecule has 0 atom stereocenters. The summed E-state index contributed by atoms with van der Waals surface area (Å²) >= 11 is 0. The summed E-state index contributed by atoms with van der Waals surface area (Å²) in [5.74, 6) is -2.03. The first-order chi connectivity index (χ1) is 17.9. The van der Waals surface area contributed by atoms with Crippen LogP contribution in [-0.2, 0) is 19.6 Å². The Morgan fingerprint density at radius 2 is 1.76 bits per heavy atom. The van der Waals surface area contributed by atoms with Crippen molar-refractivity contribution in [2.75, 3.05) is 63.2 Å². The Bertz CT molecular complexity index is 1190. The lowest BCUT2D eigenvalue weighted by Gasteiger charge is -2.30. The molecule has 3 rings (SSSR count). The summed E-state index contributed by atoms with van der Waals surface area (Å²) in [5.41, 5.74) is 0.500. The van der Waals surface area contributed by atoms with Gasteiger partial charge in [0.15, 0.2) is 0 Å². The second-order valence-electron chi connectivity index (χ2n) is 7.66. The second kappa shape index (κ2) is 13.8. The number of methoxy groups -OCH3 is 2. The van der Waals surface area contributed by atoms with Crippen LogP contribution in [0.25, 0.3) is 0 Å². The topological polar surface area (TPSA) is 159 Å². The number of halogens is 3. The summed E-state index contributed by atoms with van der Waals surface area (Å²) in [4.78, 5) is 28.2. The number of pyridine rings is 1. The first kappa shape index (κ1) is 30.6. The van der Waals surface area contributed by atoms with Crippen molar-refractivity contribution in [2.24, 2.45) is 0 Å². The molecule has 1 aliphatic heterocycles. The lowest BCUT2D eigenvalue weighted by molar-refractivity contribution is -0.192. The smallest absolute Gasteiger partial charge is 0.490 e. The van der Waals surface area contributed by atoms with Crippen LogP contribution < -0.4 is 25.0 Å². The number of carboxylic acid groups (broad SMARTS) is 1. The molecule has 12 nitrogen and oxygen atoms in total. The molecular formula is C22H28F3N5O7S. The summed E-state index contributed by atoms with van der Waals surface area (Å²) in [7, 11) is -0.804. The van der Waals surface area contributed by atoms with Gasteiger partial charge >= 0.3 is 12.1 Å². The third kappa shape index (κ3) is 9.04. The van der Waals surface area contributed by atoms with Crippen LogP contribution in [0.2, 0.25) is 0 Å². The summed E-state index contributed by atoms with van der Waals surface area (Å²) in [6.07, 6.45) is -3.66. The average Bonchev–Trinajstić information content (AvgIpc) is 2.89. The fourth-order valence-corrected chi connectivity index (χ4v) is 4.17. The number of carboxylic acids is 1. The third-order valence-electron chi connectivity index (χ3n) is 4.98. The lowest BCUT2D eigenvalue weighted by Crippen LogP contribution is -2.44. The van der Waals surface area contributed by atoms with Crippen molar-refractivity contribution >= 4 is 33.4 Å². The molecule has 1 fully saturated rings. The minimum atomic E-state index is -5.08. The van der Waals surface area contributed by atoms with Gasteiger partial charge in [-0.1, -0.05) is 0 Å². The van der Waals surface area contributed by atoms with Crippen LogP contribution in [-0.4, -0.2) is 90.1 Å². The maximum Gasteiger partial charge on any atom is 0.490 e. The van der Waals surface area contributed by atoms with E-state index < -0.39 is 22.2 Å². The Morgan fingerprint density at radius 3 is 2.29 bits per heavy atom. The highest BCUT2D eigenvalue weighted by atomic mass is 32.2. The molecule has 2 aromatic rings.